The number of pyridine rings is 1. The van der Waals surface area contributed by atoms with E-state index in [1.807, 2.05) is 0 Å². The number of ether oxygens (including phenoxy) is 2. The molecular formula is C22H23N5O2. The summed E-state index contributed by atoms with van der Waals surface area (Å²) in [5.74, 6) is -1.83. The van der Waals surface area contributed by atoms with E-state index in [1.165, 1.54) is 0 Å². The van der Waals surface area contributed by atoms with Crippen molar-refractivity contribution in [2.45, 2.75) is 51.9 Å². The van der Waals surface area contributed by atoms with Crippen molar-refractivity contribution in [1.29, 1.82) is 21.2 Å². The van der Waals surface area contributed by atoms with Crippen molar-refractivity contribution in [3.8, 4) is 18.2 Å². The van der Waals surface area contributed by atoms with Crippen molar-refractivity contribution in [3.63, 3.8) is 0 Å². The summed E-state index contributed by atoms with van der Waals surface area (Å²) in [7, 11) is 0. The predicted octanol–water partition coefficient (Wildman–Crippen LogP) is 3.86. The van der Waals surface area contributed by atoms with Crippen LogP contribution in [0.2, 0.25) is 0 Å². The maximum absolute atomic E-state index is 10.4. The molecule has 2 bridgehead atoms. The maximum Gasteiger partial charge on any atom is 0.217 e. The second-order valence-electron chi connectivity index (χ2n) is 9.34. The molecule has 148 valence electrons. The SMILES string of the molecule is CC(C)(C)C1CCC23OC(=N)C(C#N)(C2C1)C(C#N)(C#N)C(c1ccccn1)O3. The Hall–Kier alpha value is -2.95. The summed E-state index contributed by atoms with van der Waals surface area (Å²) in [6.07, 6.45) is 2.35. The highest BCUT2D eigenvalue weighted by molar-refractivity contribution is 5.89. The third-order valence-electron chi connectivity index (χ3n) is 7.09. The summed E-state index contributed by atoms with van der Waals surface area (Å²) in [5, 5.41) is 39.5. The van der Waals surface area contributed by atoms with Gasteiger partial charge in [0, 0.05) is 12.6 Å². The smallest absolute Gasteiger partial charge is 0.217 e. The molecule has 5 unspecified atom stereocenters. The van der Waals surface area contributed by atoms with E-state index in [0.717, 1.165) is 6.42 Å². The summed E-state index contributed by atoms with van der Waals surface area (Å²) < 4.78 is 12.3. The minimum absolute atomic E-state index is 0.0142. The maximum atomic E-state index is 10.4. The summed E-state index contributed by atoms with van der Waals surface area (Å²) in [6.45, 7) is 6.43. The molecule has 0 aromatic carbocycles. The second-order valence-corrected chi connectivity index (χ2v) is 9.34. The molecule has 1 aromatic heterocycles. The Balaban J connectivity index is 1.95. The Morgan fingerprint density at radius 2 is 1.90 bits per heavy atom. The van der Waals surface area contributed by atoms with Crippen LogP contribution in [0.4, 0.5) is 0 Å². The standard InChI is InChI=1S/C22H23N5O2/c1-19(2,3)14-7-8-22-16(10-14)21(13-25,18(26)29-22)20(11-23,12-24)17(28-22)15-6-4-5-9-27-15/h4-6,9,14,16-17,26H,7-8,10H2,1-3H3. The molecular weight excluding hydrogens is 366 g/mol. The van der Waals surface area contributed by atoms with E-state index in [9.17, 15) is 15.8 Å². The molecule has 29 heavy (non-hydrogen) atoms. The third kappa shape index (κ3) is 2.24. The third-order valence-corrected chi connectivity index (χ3v) is 7.09. The first-order valence-electron chi connectivity index (χ1n) is 9.81. The van der Waals surface area contributed by atoms with Gasteiger partial charge in [0.25, 0.3) is 0 Å². The molecule has 1 aromatic rings. The van der Waals surface area contributed by atoms with E-state index in [1.54, 1.807) is 24.4 Å². The number of nitriles is 3. The van der Waals surface area contributed by atoms with E-state index >= 15 is 0 Å². The Kier molecular flexibility index (Phi) is 4.02. The van der Waals surface area contributed by atoms with Crippen LogP contribution in [-0.2, 0) is 9.47 Å². The lowest BCUT2D eigenvalue weighted by molar-refractivity contribution is -0.302. The van der Waals surface area contributed by atoms with E-state index in [2.05, 4.69) is 44.0 Å². The summed E-state index contributed by atoms with van der Waals surface area (Å²) in [4.78, 5) is 4.31. The fraction of sp³-hybridized carbons (Fsp3) is 0.591. The molecule has 7 nitrogen and oxygen atoms in total. The number of hydrogen-bond donors (Lipinski definition) is 1. The summed E-state index contributed by atoms with van der Waals surface area (Å²) >= 11 is 0. The van der Waals surface area contributed by atoms with Crippen molar-refractivity contribution in [1.82, 2.24) is 4.98 Å². The normalized spacial score (nSPS) is 37.4. The van der Waals surface area contributed by atoms with Gasteiger partial charge < -0.3 is 9.47 Å². The number of aromatic nitrogens is 1. The van der Waals surface area contributed by atoms with Gasteiger partial charge in [0.2, 0.25) is 17.1 Å². The van der Waals surface area contributed by atoms with Crippen molar-refractivity contribution in [3.05, 3.63) is 30.1 Å². The molecule has 3 aliphatic rings. The van der Waals surface area contributed by atoms with E-state index in [-0.39, 0.29) is 17.2 Å². The lowest BCUT2D eigenvalue weighted by Crippen LogP contribution is -2.61. The first-order chi connectivity index (χ1) is 13.7. The first kappa shape index (κ1) is 19.4. The molecule has 3 heterocycles. The van der Waals surface area contributed by atoms with Crippen LogP contribution in [-0.4, -0.2) is 16.7 Å². The average molecular weight is 389 g/mol. The van der Waals surface area contributed by atoms with Gasteiger partial charge >= 0.3 is 0 Å². The minimum Gasteiger partial charge on any atom is -0.447 e. The second kappa shape index (κ2) is 6.02. The lowest BCUT2D eigenvalue weighted by Gasteiger charge is -2.53. The van der Waals surface area contributed by atoms with Crippen LogP contribution in [0.5, 0.6) is 0 Å². The zero-order chi connectivity index (χ0) is 21.1. The molecule has 0 spiro atoms. The molecule has 7 heteroatoms. The Morgan fingerprint density at radius 3 is 2.45 bits per heavy atom. The van der Waals surface area contributed by atoms with Crippen LogP contribution in [0.1, 0.15) is 51.8 Å². The summed E-state index contributed by atoms with van der Waals surface area (Å²) in [5.41, 5.74) is -3.26. The van der Waals surface area contributed by atoms with Crippen LogP contribution in [0, 0.1) is 67.5 Å². The molecule has 1 saturated carbocycles. The quantitative estimate of drug-likeness (QED) is 0.777. The van der Waals surface area contributed by atoms with Gasteiger partial charge in [-0.3, -0.25) is 10.4 Å². The van der Waals surface area contributed by atoms with Gasteiger partial charge in [-0.25, -0.2) is 0 Å². The Morgan fingerprint density at radius 1 is 1.17 bits per heavy atom. The number of rotatable bonds is 1. The predicted molar refractivity (Wildman–Crippen MR) is 102 cm³/mol. The van der Waals surface area contributed by atoms with Crippen molar-refractivity contribution in [2.75, 3.05) is 0 Å². The van der Waals surface area contributed by atoms with Gasteiger partial charge in [-0.1, -0.05) is 26.8 Å². The van der Waals surface area contributed by atoms with Crippen molar-refractivity contribution >= 4 is 5.90 Å². The highest BCUT2D eigenvalue weighted by Crippen LogP contribution is 2.70. The van der Waals surface area contributed by atoms with E-state index in [0.29, 0.717) is 18.5 Å². The van der Waals surface area contributed by atoms with Crippen LogP contribution in [0.3, 0.4) is 0 Å². The molecule has 3 fully saturated rings. The molecule has 1 aliphatic carbocycles. The van der Waals surface area contributed by atoms with Gasteiger partial charge in [0.15, 0.2) is 5.41 Å². The number of nitrogens with zero attached hydrogens (tertiary/aromatic N) is 4. The molecule has 4 rings (SSSR count). The van der Waals surface area contributed by atoms with Crippen molar-refractivity contribution in [2.24, 2.45) is 28.1 Å². The number of hydrogen-bond acceptors (Lipinski definition) is 7. The summed E-state index contributed by atoms with van der Waals surface area (Å²) in [6, 6.07) is 11.5. The van der Waals surface area contributed by atoms with Gasteiger partial charge in [-0.05, 0) is 36.3 Å². The van der Waals surface area contributed by atoms with Crippen LogP contribution < -0.4 is 0 Å². The minimum atomic E-state index is -1.93. The average Bonchev–Trinajstić information content (AvgIpc) is 2.91. The lowest BCUT2D eigenvalue weighted by atomic mass is 9.49. The molecule has 5 atom stereocenters. The Labute approximate surface area is 170 Å². The molecule has 0 radical (unpaired) electrons. The highest BCUT2D eigenvalue weighted by Gasteiger charge is 2.81. The van der Waals surface area contributed by atoms with Gasteiger partial charge in [-0.15, -0.1) is 0 Å². The number of nitrogens with one attached hydrogen (secondary N) is 1. The van der Waals surface area contributed by atoms with E-state index in [4.69, 9.17) is 14.9 Å². The first-order valence-corrected chi connectivity index (χ1v) is 9.81. The van der Waals surface area contributed by atoms with E-state index < -0.39 is 28.6 Å². The van der Waals surface area contributed by atoms with Crippen LogP contribution >= 0.6 is 0 Å². The van der Waals surface area contributed by atoms with Crippen molar-refractivity contribution < 1.29 is 9.47 Å². The monoisotopic (exact) mass is 389 g/mol. The fourth-order valence-corrected chi connectivity index (χ4v) is 5.42. The molecule has 2 aliphatic heterocycles. The zero-order valence-electron chi connectivity index (χ0n) is 16.8. The van der Waals surface area contributed by atoms with Gasteiger partial charge in [-0.2, -0.15) is 15.8 Å². The van der Waals surface area contributed by atoms with Crippen LogP contribution in [0.25, 0.3) is 0 Å². The Bertz CT molecular complexity index is 966. The van der Waals surface area contributed by atoms with Crippen LogP contribution in [0.15, 0.2) is 24.4 Å². The van der Waals surface area contributed by atoms with Gasteiger partial charge in [0.05, 0.1) is 29.8 Å². The molecule has 2 saturated heterocycles. The highest BCUT2D eigenvalue weighted by atomic mass is 16.7. The molecule has 1 N–H and O–H groups in total. The zero-order valence-corrected chi connectivity index (χ0v) is 16.8. The van der Waals surface area contributed by atoms with Gasteiger partial charge in [0.1, 0.15) is 6.10 Å². The topological polar surface area (TPSA) is 127 Å². The fourth-order valence-electron chi connectivity index (χ4n) is 5.42. The molecule has 0 amide bonds. The largest absolute Gasteiger partial charge is 0.447 e.